The Morgan fingerprint density at radius 2 is 1.57 bits per heavy atom. The first-order valence-electron chi connectivity index (χ1n) is 7.54. The lowest BCUT2D eigenvalue weighted by atomic mass is 9.99. The van der Waals surface area contributed by atoms with E-state index in [9.17, 15) is 9.90 Å². The van der Waals surface area contributed by atoms with Gasteiger partial charge in [-0.05, 0) is 41.2 Å². The summed E-state index contributed by atoms with van der Waals surface area (Å²) in [5.41, 5.74) is 4.67. The predicted octanol–water partition coefficient (Wildman–Crippen LogP) is 4.23. The number of carboxylic acids is 1. The third-order valence-corrected chi connectivity index (χ3v) is 3.88. The Kier molecular flexibility index (Phi) is 4.48. The molecule has 0 aliphatic heterocycles. The van der Waals surface area contributed by atoms with Crippen LogP contribution in [-0.4, -0.2) is 16.1 Å². The van der Waals surface area contributed by atoms with E-state index in [0.29, 0.717) is 12.0 Å². The Morgan fingerprint density at radius 3 is 2.26 bits per heavy atom. The minimum Gasteiger partial charge on any atom is -0.478 e. The van der Waals surface area contributed by atoms with Crippen LogP contribution in [0.5, 0.6) is 0 Å². The van der Waals surface area contributed by atoms with E-state index < -0.39 is 5.97 Å². The first-order chi connectivity index (χ1) is 11.2. The maximum Gasteiger partial charge on any atom is 0.336 e. The second-order valence-corrected chi connectivity index (χ2v) is 5.40. The number of rotatable bonds is 5. The summed E-state index contributed by atoms with van der Waals surface area (Å²) in [5.74, 6) is -0.901. The van der Waals surface area contributed by atoms with Crippen LogP contribution in [0.4, 0.5) is 0 Å². The molecule has 23 heavy (non-hydrogen) atoms. The van der Waals surface area contributed by atoms with Crippen molar-refractivity contribution in [3.63, 3.8) is 0 Å². The van der Waals surface area contributed by atoms with Crippen LogP contribution < -0.4 is 0 Å². The second kappa shape index (κ2) is 6.88. The highest BCUT2D eigenvalue weighted by Crippen LogP contribution is 2.20. The van der Waals surface area contributed by atoms with E-state index in [1.165, 1.54) is 22.9 Å². The number of pyridine rings is 1. The average molecular weight is 303 g/mol. The van der Waals surface area contributed by atoms with Gasteiger partial charge in [0.1, 0.15) is 0 Å². The first-order valence-corrected chi connectivity index (χ1v) is 7.54. The summed E-state index contributed by atoms with van der Waals surface area (Å²) in [4.78, 5) is 15.2. The van der Waals surface area contributed by atoms with Gasteiger partial charge in [0.05, 0.1) is 5.56 Å². The van der Waals surface area contributed by atoms with E-state index in [4.69, 9.17) is 0 Å². The van der Waals surface area contributed by atoms with Gasteiger partial charge in [-0.15, -0.1) is 0 Å². The molecule has 0 aliphatic rings. The minimum atomic E-state index is -0.901. The number of benzene rings is 2. The van der Waals surface area contributed by atoms with Crippen LogP contribution in [0.25, 0.3) is 11.1 Å². The molecular formula is C20H17NO2. The maximum absolute atomic E-state index is 11.2. The normalized spacial score (nSPS) is 10.4. The summed E-state index contributed by atoms with van der Waals surface area (Å²) in [6, 6.07) is 20.2. The van der Waals surface area contributed by atoms with Crippen LogP contribution in [0.3, 0.4) is 0 Å². The molecule has 0 unspecified atom stereocenters. The molecule has 0 aliphatic carbocycles. The van der Waals surface area contributed by atoms with Crippen molar-refractivity contribution >= 4 is 5.97 Å². The summed E-state index contributed by atoms with van der Waals surface area (Å²) in [6.07, 6.45) is 4.62. The van der Waals surface area contributed by atoms with Gasteiger partial charge >= 0.3 is 5.97 Å². The second-order valence-electron chi connectivity index (χ2n) is 5.40. The summed E-state index contributed by atoms with van der Waals surface area (Å²) >= 11 is 0. The minimum absolute atomic E-state index is 0.334. The molecule has 0 saturated carbocycles. The molecule has 0 atom stereocenters. The fourth-order valence-corrected chi connectivity index (χ4v) is 2.61. The molecule has 1 heterocycles. The van der Waals surface area contributed by atoms with Crippen molar-refractivity contribution < 1.29 is 9.90 Å². The van der Waals surface area contributed by atoms with Crippen LogP contribution in [0.15, 0.2) is 73.1 Å². The topological polar surface area (TPSA) is 50.2 Å². The van der Waals surface area contributed by atoms with Crippen LogP contribution >= 0.6 is 0 Å². The summed E-state index contributed by atoms with van der Waals surface area (Å²) in [6.45, 7) is 0. The number of aromatic carboxylic acids is 1. The van der Waals surface area contributed by atoms with E-state index in [-0.39, 0.29) is 0 Å². The fourth-order valence-electron chi connectivity index (χ4n) is 2.61. The van der Waals surface area contributed by atoms with Crippen LogP contribution in [-0.2, 0) is 12.8 Å². The van der Waals surface area contributed by atoms with E-state index in [0.717, 1.165) is 12.0 Å². The zero-order valence-electron chi connectivity index (χ0n) is 12.6. The Morgan fingerprint density at radius 1 is 0.870 bits per heavy atom. The van der Waals surface area contributed by atoms with Gasteiger partial charge < -0.3 is 5.11 Å². The standard InChI is InChI=1S/C20H17NO2/c22-20(23)19-12-13-21-14-18(19)11-8-15-6-9-17(10-7-15)16-4-2-1-3-5-16/h1-7,9-10,12-14H,8,11H2,(H,22,23). The largest absolute Gasteiger partial charge is 0.478 e. The molecule has 0 saturated heterocycles. The van der Waals surface area contributed by atoms with Crippen molar-refractivity contribution in [2.75, 3.05) is 0 Å². The van der Waals surface area contributed by atoms with Gasteiger partial charge in [-0.25, -0.2) is 4.79 Å². The number of carboxylic acid groups (broad SMARTS) is 1. The van der Waals surface area contributed by atoms with E-state index >= 15 is 0 Å². The summed E-state index contributed by atoms with van der Waals surface area (Å²) in [7, 11) is 0. The number of aromatic nitrogens is 1. The van der Waals surface area contributed by atoms with Crippen molar-refractivity contribution in [1.82, 2.24) is 4.98 Å². The van der Waals surface area contributed by atoms with Crippen LogP contribution in [0.1, 0.15) is 21.5 Å². The molecule has 3 aromatic rings. The molecule has 0 amide bonds. The van der Waals surface area contributed by atoms with Crippen molar-refractivity contribution in [1.29, 1.82) is 0 Å². The Balaban J connectivity index is 1.71. The molecule has 3 heteroatoms. The molecule has 0 bridgehead atoms. The predicted molar refractivity (Wildman–Crippen MR) is 90.5 cm³/mol. The van der Waals surface area contributed by atoms with Gasteiger partial charge in [-0.2, -0.15) is 0 Å². The molecule has 3 rings (SSSR count). The van der Waals surface area contributed by atoms with E-state index in [2.05, 4.69) is 41.4 Å². The van der Waals surface area contributed by atoms with Crippen molar-refractivity contribution in [3.05, 3.63) is 89.7 Å². The lowest BCUT2D eigenvalue weighted by molar-refractivity contribution is 0.0695. The molecule has 1 aromatic heterocycles. The van der Waals surface area contributed by atoms with Gasteiger partial charge in [0.25, 0.3) is 0 Å². The van der Waals surface area contributed by atoms with Crippen molar-refractivity contribution in [3.8, 4) is 11.1 Å². The molecule has 0 radical (unpaired) electrons. The summed E-state index contributed by atoms with van der Waals surface area (Å²) in [5, 5.41) is 9.20. The summed E-state index contributed by atoms with van der Waals surface area (Å²) < 4.78 is 0. The quantitative estimate of drug-likeness (QED) is 0.767. The molecular weight excluding hydrogens is 286 g/mol. The van der Waals surface area contributed by atoms with Crippen molar-refractivity contribution in [2.24, 2.45) is 0 Å². The van der Waals surface area contributed by atoms with Crippen LogP contribution in [0.2, 0.25) is 0 Å². The fraction of sp³-hybridized carbons (Fsp3) is 0.100. The SMILES string of the molecule is O=C(O)c1ccncc1CCc1ccc(-c2ccccc2)cc1. The lowest BCUT2D eigenvalue weighted by Gasteiger charge is -2.07. The van der Waals surface area contributed by atoms with Crippen LogP contribution in [0, 0.1) is 0 Å². The highest BCUT2D eigenvalue weighted by Gasteiger charge is 2.09. The lowest BCUT2D eigenvalue weighted by Crippen LogP contribution is -2.04. The average Bonchev–Trinajstić information content (AvgIpc) is 2.61. The third-order valence-electron chi connectivity index (χ3n) is 3.88. The first kappa shape index (κ1) is 15.0. The zero-order valence-corrected chi connectivity index (χ0v) is 12.6. The molecule has 2 aromatic carbocycles. The highest BCUT2D eigenvalue weighted by molar-refractivity contribution is 5.89. The van der Waals surface area contributed by atoms with Gasteiger partial charge in [0, 0.05) is 12.4 Å². The molecule has 0 fully saturated rings. The maximum atomic E-state index is 11.2. The number of aryl methyl sites for hydroxylation is 2. The Bertz CT molecular complexity index is 795. The van der Waals surface area contributed by atoms with E-state index in [1.54, 1.807) is 12.3 Å². The Labute approximate surface area is 135 Å². The molecule has 114 valence electrons. The van der Waals surface area contributed by atoms with Gasteiger partial charge in [-0.3, -0.25) is 4.98 Å². The number of hydrogen-bond donors (Lipinski definition) is 1. The number of hydrogen-bond acceptors (Lipinski definition) is 2. The smallest absolute Gasteiger partial charge is 0.336 e. The molecule has 0 spiro atoms. The highest BCUT2D eigenvalue weighted by atomic mass is 16.4. The van der Waals surface area contributed by atoms with Crippen molar-refractivity contribution in [2.45, 2.75) is 12.8 Å². The zero-order chi connectivity index (χ0) is 16.1. The molecule has 3 nitrogen and oxygen atoms in total. The number of carbonyl (C=O) groups is 1. The van der Waals surface area contributed by atoms with Gasteiger partial charge in [0.2, 0.25) is 0 Å². The van der Waals surface area contributed by atoms with E-state index in [1.807, 2.05) is 18.2 Å². The monoisotopic (exact) mass is 303 g/mol. The van der Waals surface area contributed by atoms with Gasteiger partial charge in [0.15, 0.2) is 0 Å². The third kappa shape index (κ3) is 3.64. The number of nitrogens with zero attached hydrogens (tertiary/aromatic N) is 1. The molecule has 1 N–H and O–H groups in total. The van der Waals surface area contributed by atoms with Gasteiger partial charge in [-0.1, -0.05) is 54.6 Å². The Hall–Kier alpha value is -2.94.